The maximum Gasteiger partial charge on any atom is 0.196 e. The van der Waals surface area contributed by atoms with Crippen molar-refractivity contribution in [1.29, 1.82) is 0 Å². The Morgan fingerprint density at radius 2 is 1.52 bits per heavy atom. The molecule has 3 aromatic rings. The Kier molecular flexibility index (Phi) is 4.48. The standard InChI is InChI=1S/C21H15N3O2S/c25-19-14-4-1-2-5-15(14)20(26)18-16(19)6-3-7-17(18)24-21(27)23-12-13-8-10-22-11-9-13/h1-11H,12H2,(H2,23,24,27). The summed E-state index contributed by atoms with van der Waals surface area (Å²) in [6.07, 6.45) is 3.42. The van der Waals surface area contributed by atoms with Gasteiger partial charge in [0.1, 0.15) is 0 Å². The Hall–Kier alpha value is -3.38. The summed E-state index contributed by atoms with van der Waals surface area (Å²) in [6, 6.07) is 15.8. The molecule has 4 rings (SSSR count). The molecule has 0 atom stereocenters. The van der Waals surface area contributed by atoms with E-state index in [1.54, 1.807) is 54.9 Å². The van der Waals surface area contributed by atoms with Crippen LogP contribution in [0.25, 0.3) is 0 Å². The van der Waals surface area contributed by atoms with Crippen LogP contribution in [0, 0.1) is 0 Å². The van der Waals surface area contributed by atoms with Gasteiger partial charge in [0.05, 0.1) is 11.3 Å². The first-order valence-electron chi connectivity index (χ1n) is 8.40. The molecule has 0 spiro atoms. The third kappa shape index (κ3) is 3.22. The average molecular weight is 373 g/mol. The van der Waals surface area contributed by atoms with Crippen molar-refractivity contribution in [2.24, 2.45) is 0 Å². The van der Waals surface area contributed by atoms with E-state index in [2.05, 4.69) is 15.6 Å². The van der Waals surface area contributed by atoms with Gasteiger partial charge < -0.3 is 10.6 Å². The van der Waals surface area contributed by atoms with E-state index < -0.39 is 0 Å². The molecule has 0 aliphatic heterocycles. The number of carbonyl (C=O) groups excluding carboxylic acids is 2. The van der Waals surface area contributed by atoms with Crippen molar-refractivity contribution < 1.29 is 9.59 Å². The van der Waals surface area contributed by atoms with Crippen LogP contribution in [-0.4, -0.2) is 21.7 Å². The number of thiocarbonyl (C=S) groups is 1. The molecule has 2 N–H and O–H groups in total. The second-order valence-electron chi connectivity index (χ2n) is 6.10. The molecule has 5 nitrogen and oxygen atoms in total. The van der Waals surface area contributed by atoms with Gasteiger partial charge in [-0.3, -0.25) is 14.6 Å². The smallest absolute Gasteiger partial charge is 0.196 e. The summed E-state index contributed by atoms with van der Waals surface area (Å²) in [6.45, 7) is 0.527. The van der Waals surface area contributed by atoms with Gasteiger partial charge >= 0.3 is 0 Å². The van der Waals surface area contributed by atoms with Crippen molar-refractivity contribution in [2.45, 2.75) is 6.54 Å². The highest BCUT2D eigenvalue weighted by atomic mass is 32.1. The molecule has 0 bridgehead atoms. The van der Waals surface area contributed by atoms with Crippen molar-refractivity contribution >= 4 is 34.6 Å². The number of benzene rings is 2. The van der Waals surface area contributed by atoms with E-state index in [1.807, 2.05) is 12.1 Å². The van der Waals surface area contributed by atoms with Crippen LogP contribution in [0.2, 0.25) is 0 Å². The predicted octanol–water partition coefficient (Wildman–Crippen LogP) is 3.34. The van der Waals surface area contributed by atoms with Gasteiger partial charge in [0.2, 0.25) is 0 Å². The van der Waals surface area contributed by atoms with Crippen LogP contribution in [0.5, 0.6) is 0 Å². The van der Waals surface area contributed by atoms with Gasteiger partial charge in [-0.25, -0.2) is 0 Å². The highest BCUT2D eigenvalue weighted by molar-refractivity contribution is 7.80. The number of aromatic nitrogens is 1. The van der Waals surface area contributed by atoms with Crippen LogP contribution in [0.3, 0.4) is 0 Å². The van der Waals surface area contributed by atoms with Crippen LogP contribution in [0.15, 0.2) is 67.0 Å². The molecule has 0 saturated heterocycles. The van der Waals surface area contributed by atoms with Crippen LogP contribution in [0.1, 0.15) is 37.4 Å². The molecular formula is C21H15N3O2S. The van der Waals surface area contributed by atoms with E-state index in [0.717, 1.165) is 5.56 Å². The normalized spacial score (nSPS) is 12.1. The number of pyridine rings is 1. The van der Waals surface area contributed by atoms with Crippen molar-refractivity contribution in [3.8, 4) is 0 Å². The molecule has 1 aliphatic carbocycles. The molecule has 0 saturated carbocycles. The molecule has 132 valence electrons. The number of ketones is 2. The molecule has 0 fully saturated rings. The zero-order chi connectivity index (χ0) is 18.8. The maximum absolute atomic E-state index is 13.0. The van der Waals surface area contributed by atoms with Crippen LogP contribution >= 0.6 is 12.2 Å². The van der Waals surface area contributed by atoms with Gasteiger partial charge in [0.25, 0.3) is 0 Å². The molecule has 1 aromatic heterocycles. The summed E-state index contributed by atoms with van der Waals surface area (Å²) < 4.78 is 0. The Bertz CT molecular complexity index is 1060. The number of nitrogens with zero attached hydrogens (tertiary/aromatic N) is 1. The van der Waals surface area contributed by atoms with Crippen molar-refractivity contribution in [3.63, 3.8) is 0 Å². The lowest BCUT2D eigenvalue weighted by Gasteiger charge is -2.21. The summed E-state index contributed by atoms with van der Waals surface area (Å²) >= 11 is 5.35. The second kappa shape index (κ2) is 7.09. The SMILES string of the molecule is O=C1c2ccccc2C(=O)c2c(NC(=S)NCc3ccncc3)cccc21. The van der Waals surface area contributed by atoms with Gasteiger partial charge in [0.15, 0.2) is 16.7 Å². The molecular weight excluding hydrogens is 358 g/mol. The number of nitrogens with one attached hydrogen (secondary N) is 2. The fraction of sp³-hybridized carbons (Fsp3) is 0.0476. The third-order valence-corrected chi connectivity index (χ3v) is 4.65. The molecule has 27 heavy (non-hydrogen) atoms. The van der Waals surface area contributed by atoms with Crippen LogP contribution in [0.4, 0.5) is 5.69 Å². The van der Waals surface area contributed by atoms with E-state index in [9.17, 15) is 9.59 Å². The van der Waals surface area contributed by atoms with E-state index in [-0.39, 0.29) is 11.6 Å². The summed E-state index contributed by atoms with van der Waals surface area (Å²) in [4.78, 5) is 29.7. The van der Waals surface area contributed by atoms with Crippen molar-refractivity contribution in [2.75, 3.05) is 5.32 Å². The van der Waals surface area contributed by atoms with Crippen LogP contribution < -0.4 is 10.6 Å². The molecule has 0 unspecified atom stereocenters. The monoisotopic (exact) mass is 373 g/mol. The summed E-state index contributed by atoms with van der Waals surface area (Å²) in [5.74, 6) is -0.334. The van der Waals surface area contributed by atoms with Gasteiger partial charge in [-0.2, -0.15) is 0 Å². The molecule has 2 aromatic carbocycles. The van der Waals surface area contributed by atoms with Gasteiger partial charge in [-0.1, -0.05) is 36.4 Å². The lowest BCUT2D eigenvalue weighted by Crippen LogP contribution is -2.30. The Morgan fingerprint density at radius 1 is 0.852 bits per heavy atom. The summed E-state index contributed by atoms with van der Waals surface area (Å²) in [5, 5.41) is 6.52. The Labute approximate surface area is 161 Å². The lowest BCUT2D eigenvalue weighted by atomic mass is 9.83. The number of fused-ring (bicyclic) bond motifs is 2. The average Bonchev–Trinajstić information content (AvgIpc) is 2.71. The minimum atomic E-state index is -0.180. The maximum atomic E-state index is 13.0. The first-order valence-corrected chi connectivity index (χ1v) is 8.81. The van der Waals surface area contributed by atoms with E-state index in [0.29, 0.717) is 39.6 Å². The first-order chi connectivity index (χ1) is 13.1. The topological polar surface area (TPSA) is 71.1 Å². The zero-order valence-corrected chi connectivity index (χ0v) is 15.0. The van der Waals surface area contributed by atoms with Crippen molar-refractivity contribution in [3.05, 3.63) is 94.8 Å². The van der Waals surface area contributed by atoms with E-state index >= 15 is 0 Å². The zero-order valence-electron chi connectivity index (χ0n) is 14.2. The number of hydrogen-bond acceptors (Lipinski definition) is 4. The minimum absolute atomic E-state index is 0.153. The molecule has 6 heteroatoms. The second-order valence-corrected chi connectivity index (χ2v) is 6.50. The fourth-order valence-electron chi connectivity index (χ4n) is 3.10. The van der Waals surface area contributed by atoms with Gasteiger partial charge in [-0.15, -0.1) is 0 Å². The van der Waals surface area contributed by atoms with Gasteiger partial charge in [-0.05, 0) is 36.0 Å². The summed E-state index contributed by atoms with van der Waals surface area (Å²) in [5.41, 5.74) is 3.15. The Morgan fingerprint density at radius 3 is 2.26 bits per heavy atom. The Balaban J connectivity index is 1.59. The molecule has 0 amide bonds. The summed E-state index contributed by atoms with van der Waals surface area (Å²) in [7, 11) is 0. The van der Waals surface area contributed by atoms with Gasteiger partial charge in [0, 0.05) is 35.6 Å². The highest BCUT2D eigenvalue weighted by Crippen LogP contribution is 2.31. The molecule has 1 heterocycles. The van der Waals surface area contributed by atoms with E-state index in [1.165, 1.54) is 0 Å². The lowest BCUT2D eigenvalue weighted by molar-refractivity contribution is 0.0979. The number of carbonyl (C=O) groups is 2. The predicted molar refractivity (Wildman–Crippen MR) is 107 cm³/mol. The highest BCUT2D eigenvalue weighted by Gasteiger charge is 2.31. The third-order valence-electron chi connectivity index (χ3n) is 4.40. The molecule has 1 aliphatic rings. The number of rotatable bonds is 3. The number of anilines is 1. The minimum Gasteiger partial charge on any atom is -0.358 e. The quantitative estimate of drug-likeness (QED) is 0.537. The molecule has 0 radical (unpaired) electrons. The fourth-order valence-corrected chi connectivity index (χ4v) is 3.28. The van der Waals surface area contributed by atoms with Crippen molar-refractivity contribution in [1.82, 2.24) is 10.3 Å². The van der Waals surface area contributed by atoms with Crippen LogP contribution in [-0.2, 0) is 6.54 Å². The first kappa shape index (κ1) is 17.1. The number of hydrogen-bond donors (Lipinski definition) is 2. The van der Waals surface area contributed by atoms with E-state index in [4.69, 9.17) is 12.2 Å². The largest absolute Gasteiger partial charge is 0.358 e.